The van der Waals surface area contributed by atoms with E-state index in [2.05, 4.69) is 27.0 Å². The highest BCUT2D eigenvalue weighted by Gasteiger charge is 2.02. The Hall–Kier alpha value is -0.980. The first-order chi connectivity index (χ1) is 5.65. The molecule has 0 aliphatic carbocycles. The Morgan fingerprint density at radius 3 is 2.17 bits per heavy atom. The molecule has 0 amide bonds. The summed E-state index contributed by atoms with van der Waals surface area (Å²) in [6, 6.07) is 0. The van der Waals surface area contributed by atoms with E-state index in [0.29, 0.717) is 5.92 Å². The molecular formula is C11H18O. The molecular weight excluding hydrogens is 148 g/mol. The number of hydrogen-bond acceptors (Lipinski definition) is 1. The summed E-state index contributed by atoms with van der Waals surface area (Å²) in [6.07, 6.45) is 4.54. The zero-order chi connectivity index (χ0) is 9.56. The van der Waals surface area contributed by atoms with Crippen LogP contribution in [0.2, 0.25) is 0 Å². The largest absolute Gasteiger partial charge is 0.497 e. The van der Waals surface area contributed by atoms with Crippen molar-refractivity contribution in [1.82, 2.24) is 0 Å². The number of allylic oxidation sites excluding steroid dienone is 3. The van der Waals surface area contributed by atoms with Crippen LogP contribution in [0, 0.1) is 5.92 Å². The van der Waals surface area contributed by atoms with Crippen LogP contribution in [0.4, 0.5) is 0 Å². The first kappa shape index (κ1) is 11.0. The summed E-state index contributed by atoms with van der Waals surface area (Å²) >= 11 is 0. The SMILES string of the molecule is C=C/C(CC(C)C)=C(\C=C)OC. The topological polar surface area (TPSA) is 9.23 Å². The lowest BCUT2D eigenvalue weighted by Crippen LogP contribution is -1.94. The fraction of sp³-hybridized carbons (Fsp3) is 0.455. The molecule has 12 heavy (non-hydrogen) atoms. The van der Waals surface area contributed by atoms with Gasteiger partial charge in [0, 0.05) is 0 Å². The minimum atomic E-state index is 0.614. The molecule has 0 heterocycles. The molecule has 1 nitrogen and oxygen atoms in total. The Balaban J connectivity index is 4.57. The van der Waals surface area contributed by atoms with Crippen molar-refractivity contribution in [2.24, 2.45) is 5.92 Å². The molecule has 1 heteroatoms. The van der Waals surface area contributed by atoms with Crippen LogP contribution < -0.4 is 0 Å². The van der Waals surface area contributed by atoms with E-state index in [4.69, 9.17) is 4.74 Å². The van der Waals surface area contributed by atoms with Crippen LogP contribution in [0.1, 0.15) is 20.3 Å². The summed E-state index contributed by atoms with van der Waals surface area (Å²) < 4.78 is 5.14. The van der Waals surface area contributed by atoms with Gasteiger partial charge in [-0.2, -0.15) is 0 Å². The summed E-state index contributed by atoms with van der Waals surface area (Å²) in [4.78, 5) is 0. The van der Waals surface area contributed by atoms with Gasteiger partial charge in [-0.3, -0.25) is 0 Å². The van der Waals surface area contributed by atoms with Gasteiger partial charge in [0.25, 0.3) is 0 Å². The van der Waals surface area contributed by atoms with Gasteiger partial charge in [-0.25, -0.2) is 0 Å². The monoisotopic (exact) mass is 166 g/mol. The molecule has 0 N–H and O–H groups in total. The van der Waals surface area contributed by atoms with Crippen LogP contribution in [0.5, 0.6) is 0 Å². The predicted molar refractivity (Wildman–Crippen MR) is 53.9 cm³/mol. The molecule has 68 valence electrons. The van der Waals surface area contributed by atoms with Crippen LogP contribution in [0.3, 0.4) is 0 Å². The molecule has 0 radical (unpaired) electrons. The molecule has 0 aromatic heterocycles. The normalized spacial score (nSPS) is 12.3. The molecule has 0 saturated heterocycles. The summed E-state index contributed by atoms with van der Waals surface area (Å²) in [7, 11) is 1.65. The van der Waals surface area contributed by atoms with E-state index in [0.717, 1.165) is 17.8 Å². The van der Waals surface area contributed by atoms with Crippen molar-refractivity contribution >= 4 is 0 Å². The lowest BCUT2D eigenvalue weighted by atomic mass is 10.0. The molecule has 0 bridgehead atoms. The van der Waals surface area contributed by atoms with Crippen LogP contribution in [0.15, 0.2) is 36.6 Å². The average molecular weight is 166 g/mol. The van der Waals surface area contributed by atoms with Crippen molar-refractivity contribution in [3.8, 4) is 0 Å². The zero-order valence-corrected chi connectivity index (χ0v) is 8.26. The van der Waals surface area contributed by atoms with Gasteiger partial charge in [-0.1, -0.05) is 33.1 Å². The molecule has 0 saturated carbocycles. The number of methoxy groups -OCH3 is 1. The maximum absolute atomic E-state index is 5.14. The Kier molecular flexibility index (Phi) is 5.18. The van der Waals surface area contributed by atoms with E-state index < -0.39 is 0 Å². The second-order valence-corrected chi connectivity index (χ2v) is 3.10. The minimum Gasteiger partial charge on any atom is -0.497 e. The first-order valence-electron chi connectivity index (χ1n) is 4.17. The maximum Gasteiger partial charge on any atom is 0.121 e. The summed E-state index contributed by atoms with van der Waals surface area (Å²) in [5.74, 6) is 1.45. The van der Waals surface area contributed by atoms with Crippen molar-refractivity contribution < 1.29 is 4.74 Å². The first-order valence-corrected chi connectivity index (χ1v) is 4.17. The third-order valence-electron chi connectivity index (χ3n) is 1.60. The number of rotatable bonds is 5. The molecule has 0 aromatic rings. The number of hydrogen-bond donors (Lipinski definition) is 0. The quantitative estimate of drug-likeness (QED) is 0.450. The molecule has 0 aliphatic heterocycles. The minimum absolute atomic E-state index is 0.614. The van der Waals surface area contributed by atoms with Gasteiger partial charge >= 0.3 is 0 Å². The third kappa shape index (κ3) is 3.42. The Morgan fingerprint density at radius 1 is 1.33 bits per heavy atom. The predicted octanol–water partition coefficient (Wildman–Crippen LogP) is 3.31. The van der Waals surface area contributed by atoms with Gasteiger partial charge in [0.05, 0.1) is 7.11 Å². The van der Waals surface area contributed by atoms with E-state index in [1.165, 1.54) is 0 Å². The van der Waals surface area contributed by atoms with Gasteiger partial charge in [0.2, 0.25) is 0 Å². The summed E-state index contributed by atoms with van der Waals surface area (Å²) in [5, 5.41) is 0. The summed E-state index contributed by atoms with van der Waals surface area (Å²) in [5.41, 5.74) is 1.13. The molecule has 0 aromatic carbocycles. The van der Waals surface area contributed by atoms with E-state index in [-0.39, 0.29) is 0 Å². The van der Waals surface area contributed by atoms with E-state index >= 15 is 0 Å². The number of ether oxygens (including phenoxy) is 1. The van der Waals surface area contributed by atoms with Crippen molar-refractivity contribution in [2.75, 3.05) is 7.11 Å². The summed E-state index contributed by atoms with van der Waals surface area (Å²) in [6.45, 7) is 11.8. The molecule has 0 unspecified atom stereocenters. The van der Waals surface area contributed by atoms with E-state index in [1.54, 1.807) is 13.2 Å². The van der Waals surface area contributed by atoms with Gasteiger partial charge in [0.1, 0.15) is 5.76 Å². The van der Waals surface area contributed by atoms with Crippen LogP contribution in [-0.4, -0.2) is 7.11 Å². The Labute approximate surface area is 75.4 Å². The second kappa shape index (κ2) is 5.64. The third-order valence-corrected chi connectivity index (χ3v) is 1.60. The Morgan fingerprint density at radius 2 is 1.92 bits per heavy atom. The van der Waals surface area contributed by atoms with E-state index in [9.17, 15) is 0 Å². The highest BCUT2D eigenvalue weighted by molar-refractivity contribution is 5.27. The van der Waals surface area contributed by atoms with Crippen LogP contribution in [0.25, 0.3) is 0 Å². The van der Waals surface area contributed by atoms with Gasteiger partial charge in [0.15, 0.2) is 0 Å². The standard InChI is InChI=1S/C11H18O/c1-6-10(8-9(3)4)11(7-2)12-5/h6-7,9H,1-2,8H2,3-5H3/b11-10-. The fourth-order valence-corrected chi connectivity index (χ4v) is 1.07. The molecule has 0 atom stereocenters. The van der Waals surface area contributed by atoms with Crippen LogP contribution >= 0.6 is 0 Å². The van der Waals surface area contributed by atoms with Crippen molar-refractivity contribution in [1.29, 1.82) is 0 Å². The molecule has 0 rings (SSSR count). The fourth-order valence-electron chi connectivity index (χ4n) is 1.07. The van der Waals surface area contributed by atoms with Crippen molar-refractivity contribution in [2.45, 2.75) is 20.3 Å². The smallest absolute Gasteiger partial charge is 0.121 e. The van der Waals surface area contributed by atoms with Crippen molar-refractivity contribution in [3.05, 3.63) is 36.6 Å². The van der Waals surface area contributed by atoms with Gasteiger partial charge in [-0.05, 0) is 24.0 Å². The molecule has 0 fully saturated rings. The van der Waals surface area contributed by atoms with Gasteiger partial charge < -0.3 is 4.74 Å². The van der Waals surface area contributed by atoms with Crippen molar-refractivity contribution in [3.63, 3.8) is 0 Å². The maximum atomic E-state index is 5.14. The highest BCUT2D eigenvalue weighted by atomic mass is 16.5. The second-order valence-electron chi connectivity index (χ2n) is 3.10. The average Bonchev–Trinajstić information content (AvgIpc) is 2.04. The van der Waals surface area contributed by atoms with E-state index in [1.807, 2.05) is 6.08 Å². The molecule has 0 spiro atoms. The Bertz CT molecular complexity index is 187. The lowest BCUT2D eigenvalue weighted by Gasteiger charge is -2.09. The lowest BCUT2D eigenvalue weighted by molar-refractivity contribution is 0.301. The highest BCUT2D eigenvalue weighted by Crippen LogP contribution is 2.16. The molecule has 0 aliphatic rings. The van der Waals surface area contributed by atoms with Gasteiger partial charge in [-0.15, -0.1) is 0 Å². The zero-order valence-electron chi connectivity index (χ0n) is 8.26. The van der Waals surface area contributed by atoms with Crippen LogP contribution in [-0.2, 0) is 4.74 Å².